The highest BCUT2D eigenvalue weighted by Crippen LogP contribution is 2.36. The largest absolute Gasteiger partial charge is 0.348 e. The number of unbranched alkanes of at least 4 members (excludes halogenated alkanes) is 3. The molecule has 0 saturated carbocycles. The minimum absolute atomic E-state index is 0.141. The van der Waals surface area contributed by atoms with Crippen molar-refractivity contribution in [3.05, 3.63) is 89.0 Å². The van der Waals surface area contributed by atoms with Crippen LogP contribution in [-0.2, 0) is 15.9 Å². The quantitative estimate of drug-likeness (QED) is 0.160. The Morgan fingerprint density at radius 2 is 1.56 bits per heavy atom. The van der Waals surface area contributed by atoms with Gasteiger partial charge in [0, 0.05) is 17.1 Å². The van der Waals surface area contributed by atoms with Crippen LogP contribution in [0.2, 0.25) is 0 Å². The van der Waals surface area contributed by atoms with Crippen LogP contribution in [0.25, 0.3) is 16.7 Å². The third kappa shape index (κ3) is 7.09. The lowest BCUT2D eigenvalue weighted by atomic mass is 9.88. The van der Waals surface area contributed by atoms with Crippen molar-refractivity contribution in [1.82, 2.24) is 0 Å². The molecule has 2 aliphatic rings. The summed E-state index contributed by atoms with van der Waals surface area (Å²) >= 11 is 0. The summed E-state index contributed by atoms with van der Waals surface area (Å²) in [7, 11) is 0. The van der Waals surface area contributed by atoms with Gasteiger partial charge in [0.25, 0.3) is 0 Å². The van der Waals surface area contributed by atoms with Gasteiger partial charge in [-0.3, -0.25) is 0 Å². The van der Waals surface area contributed by atoms with E-state index in [1.165, 1.54) is 6.08 Å². The average molecular weight is 543 g/mol. The summed E-state index contributed by atoms with van der Waals surface area (Å²) in [5.41, 5.74) is 1.80. The third-order valence-electron chi connectivity index (χ3n) is 7.54. The van der Waals surface area contributed by atoms with Crippen LogP contribution in [0, 0.1) is 17.6 Å². The summed E-state index contributed by atoms with van der Waals surface area (Å²) in [5, 5.41) is 0. The van der Waals surface area contributed by atoms with Crippen LogP contribution < -0.4 is 0 Å². The fourth-order valence-corrected chi connectivity index (χ4v) is 5.15. The molecule has 6 heteroatoms. The van der Waals surface area contributed by atoms with Gasteiger partial charge in [-0.1, -0.05) is 86.9 Å². The van der Waals surface area contributed by atoms with Crippen molar-refractivity contribution in [3.8, 4) is 11.1 Å². The molecule has 0 bridgehead atoms. The number of rotatable bonds is 11. The van der Waals surface area contributed by atoms with Crippen molar-refractivity contribution < 1.29 is 27.0 Å². The molecule has 39 heavy (non-hydrogen) atoms. The smallest absolute Gasteiger partial charge is 0.182 e. The minimum Gasteiger partial charge on any atom is -0.348 e. The van der Waals surface area contributed by atoms with Crippen molar-refractivity contribution in [3.63, 3.8) is 0 Å². The van der Waals surface area contributed by atoms with Gasteiger partial charge in [-0.05, 0) is 54.9 Å². The molecule has 1 fully saturated rings. The lowest BCUT2D eigenvalue weighted by Crippen LogP contribution is -2.38. The lowest BCUT2D eigenvalue weighted by Gasteiger charge is -2.34. The van der Waals surface area contributed by atoms with Gasteiger partial charge in [-0.15, -0.1) is 0 Å². The van der Waals surface area contributed by atoms with Gasteiger partial charge in [-0.25, -0.2) is 17.6 Å². The van der Waals surface area contributed by atoms with Crippen LogP contribution in [0.15, 0.2) is 66.3 Å². The molecular formula is C33H38F4O2. The van der Waals surface area contributed by atoms with Crippen molar-refractivity contribution in [2.75, 3.05) is 13.2 Å². The maximum Gasteiger partial charge on any atom is 0.182 e. The molecule has 1 heterocycles. The second-order valence-corrected chi connectivity index (χ2v) is 10.4. The van der Waals surface area contributed by atoms with E-state index in [-0.39, 0.29) is 22.6 Å². The van der Waals surface area contributed by atoms with Crippen molar-refractivity contribution in [2.24, 2.45) is 5.92 Å². The van der Waals surface area contributed by atoms with Gasteiger partial charge in [0.1, 0.15) is 0 Å². The number of hydrogen-bond donors (Lipinski definition) is 0. The van der Waals surface area contributed by atoms with Crippen molar-refractivity contribution in [2.45, 2.75) is 77.4 Å². The maximum absolute atomic E-state index is 15.2. The number of alkyl halides is 2. The number of halogens is 4. The van der Waals surface area contributed by atoms with E-state index in [1.54, 1.807) is 42.5 Å². The van der Waals surface area contributed by atoms with Gasteiger partial charge < -0.3 is 9.47 Å². The summed E-state index contributed by atoms with van der Waals surface area (Å²) in [6.07, 6.45) is 8.78. The molecule has 2 atom stereocenters. The molecule has 1 aliphatic carbocycles. The molecule has 0 spiro atoms. The lowest BCUT2D eigenvalue weighted by molar-refractivity contribution is -0.185. The third-order valence-corrected chi connectivity index (χ3v) is 7.54. The van der Waals surface area contributed by atoms with Gasteiger partial charge in [0.2, 0.25) is 0 Å². The zero-order chi connectivity index (χ0) is 27.8. The summed E-state index contributed by atoms with van der Waals surface area (Å²) < 4.78 is 71.5. The summed E-state index contributed by atoms with van der Waals surface area (Å²) in [6, 6.07) is 9.65. The monoisotopic (exact) mass is 542 g/mol. The van der Waals surface area contributed by atoms with Crippen LogP contribution in [-0.4, -0.2) is 31.8 Å². The molecule has 2 aromatic carbocycles. The van der Waals surface area contributed by atoms with E-state index in [9.17, 15) is 8.78 Å². The molecular weight excluding hydrogens is 504 g/mol. The Kier molecular flexibility index (Phi) is 10.6. The summed E-state index contributed by atoms with van der Waals surface area (Å²) in [6.45, 7) is 4.96. The van der Waals surface area contributed by atoms with Gasteiger partial charge >= 0.3 is 0 Å². The highest BCUT2D eigenvalue weighted by molar-refractivity contribution is 5.75. The number of ether oxygens (including phenoxy) is 2. The van der Waals surface area contributed by atoms with Gasteiger partial charge in [0.15, 0.2) is 30.3 Å². The van der Waals surface area contributed by atoms with E-state index in [4.69, 9.17) is 9.47 Å². The highest BCUT2D eigenvalue weighted by atomic mass is 19.2. The Hall–Kier alpha value is -2.70. The standard InChI is InChI=1S/C33H38F4O2/c1-3-5-7-9-11-25-16-17-26(30(35)29(25)34)23-12-14-24(15-13-23)27-18-19-28(32(37)31(27)36)33-38-20-22(21-39-33)10-8-6-4-2/h4,6,12-19,22,31-33H,3,5,7-11,20-21H2,1-2H3/b6-4+. The Labute approximate surface area is 229 Å². The predicted molar refractivity (Wildman–Crippen MR) is 149 cm³/mol. The average Bonchev–Trinajstić information content (AvgIpc) is 2.96. The molecule has 210 valence electrons. The van der Waals surface area contributed by atoms with Crippen LogP contribution in [0.1, 0.15) is 63.5 Å². The Morgan fingerprint density at radius 3 is 2.26 bits per heavy atom. The molecule has 1 saturated heterocycles. The topological polar surface area (TPSA) is 18.5 Å². The van der Waals surface area contributed by atoms with Crippen molar-refractivity contribution in [1.29, 1.82) is 0 Å². The Bertz CT molecular complexity index is 1180. The van der Waals surface area contributed by atoms with E-state index in [0.29, 0.717) is 36.3 Å². The summed E-state index contributed by atoms with van der Waals surface area (Å²) in [4.78, 5) is 0. The zero-order valence-corrected chi connectivity index (χ0v) is 22.8. The SMILES string of the molecule is C/C=C/CCC1COC(C2=CC=C(c3ccc(-c4ccc(CCCCCC)c(F)c4F)cc3)C(F)C2F)OC1. The second-order valence-electron chi connectivity index (χ2n) is 10.4. The summed E-state index contributed by atoms with van der Waals surface area (Å²) in [5.74, 6) is -1.48. The van der Waals surface area contributed by atoms with Crippen LogP contribution in [0.5, 0.6) is 0 Å². The first-order chi connectivity index (χ1) is 18.9. The first kappa shape index (κ1) is 29.3. The fraction of sp³-hybridized carbons (Fsp3) is 0.455. The molecule has 0 radical (unpaired) electrons. The number of hydrogen-bond acceptors (Lipinski definition) is 2. The second kappa shape index (κ2) is 14.1. The highest BCUT2D eigenvalue weighted by Gasteiger charge is 2.37. The van der Waals surface area contributed by atoms with E-state index < -0.39 is 30.3 Å². The fourth-order valence-electron chi connectivity index (χ4n) is 5.15. The Balaban J connectivity index is 1.43. The molecule has 2 unspecified atom stereocenters. The van der Waals surface area contributed by atoms with E-state index in [1.807, 2.05) is 13.0 Å². The number of aryl methyl sites for hydroxylation is 1. The molecule has 2 nitrogen and oxygen atoms in total. The van der Waals surface area contributed by atoms with Crippen molar-refractivity contribution >= 4 is 5.57 Å². The van der Waals surface area contributed by atoms with Gasteiger partial charge in [-0.2, -0.15) is 0 Å². The van der Waals surface area contributed by atoms with E-state index in [2.05, 4.69) is 13.0 Å². The predicted octanol–water partition coefficient (Wildman–Crippen LogP) is 9.10. The van der Waals surface area contributed by atoms with Crippen LogP contribution >= 0.6 is 0 Å². The van der Waals surface area contributed by atoms with Crippen LogP contribution in [0.3, 0.4) is 0 Å². The number of benzene rings is 2. The molecule has 1 aliphatic heterocycles. The first-order valence-corrected chi connectivity index (χ1v) is 14.1. The first-order valence-electron chi connectivity index (χ1n) is 14.1. The molecule has 4 rings (SSSR count). The molecule has 0 amide bonds. The number of allylic oxidation sites excluding steroid dienone is 5. The van der Waals surface area contributed by atoms with Gasteiger partial charge in [0.05, 0.1) is 13.2 Å². The maximum atomic E-state index is 15.2. The Morgan fingerprint density at radius 1 is 0.846 bits per heavy atom. The molecule has 2 aromatic rings. The molecule has 0 aromatic heterocycles. The van der Waals surface area contributed by atoms with E-state index >= 15 is 8.78 Å². The zero-order valence-electron chi connectivity index (χ0n) is 22.8. The minimum atomic E-state index is -1.90. The molecule has 0 N–H and O–H groups in total. The van der Waals surface area contributed by atoms with E-state index in [0.717, 1.165) is 38.5 Å². The normalized spacial score (nSPS) is 23.6. The van der Waals surface area contributed by atoms with Crippen LogP contribution in [0.4, 0.5) is 17.6 Å².